The quantitative estimate of drug-likeness (QED) is 0.792. The van der Waals surface area contributed by atoms with Crippen molar-refractivity contribution in [2.45, 2.75) is 32.2 Å². The Hall–Kier alpha value is -2.14. The number of hydrogen-bond donors (Lipinski definition) is 3. The molecule has 1 fully saturated rings. The molecule has 3 N–H and O–H groups in total. The zero-order valence-electron chi connectivity index (χ0n) is 12.9. The third-order valence-corrected chi connectivity index (χ3v) is 4.38. The molecule has 0 saturated heterocycles. The summed E-state index contributed by atoms with van der Waals surface area (Å²) in [6, 6.07) is 9.73. The molecule has 1 aromatic carbocycles. The molecule has 2 aromatic rings. The molecule has 22 heavy (non-hydrogen) atoms. The van der Waals surface area contributed by atoms with Crippen LogP contribution >= 0.6 is 0 Å². The van der Waals surface area contributed by atoms with Gasteiger partial charge in [0.15, 0.2) is 0 Å². The number of aromatic amines is 1. The maximum atomic E-state index is 12.4. The summed E-state index contributed by atoms with van der Waals surface area (Å²) in [5.41, 5.74) is 2.75. The van der Waals surface area contributed by atoms with E-state index in [4.69, 9.17) is 0 Å². The van der Waals surface area contributed by atoms with Crippen LogP contribution in [0.1, 0.15) is 35.8 Å². The van der Waals surface area contributed by atoms with Gasteiger partial charge in [-0.2, -0.15) is 5.10 Å². The average molecular weight is 299 g/mol. The predicted octanol–water partition coefficient (Wildman–Crippen LogP) is 2.28. The average Bonchev–Trinajstić information content (AvgIpc) is 3.26. The minimum absolute atomic E-state index is 0.0532. The van der Waals surface area contributed by atoms with Crippen LogP contribution < -0.4 is 5.32 Å². The number of nitrogens with one attached hydrogen (secondary N) is 2. The van der Waals surface area contributed by atoms with Gasteiger partial charge >= 0.3 is 0 Å². The molecule has 1 heterocycles. The van der Waals surface area contributed by atoms with E-state index in [-0.39, 0.29) is 12.5 Å². The first-order valence-corrected chi connectivity index (χ1v) is 7.58. The number of amides is 1. The summed E-state index contributed by atoms with van der Waals surface area (Å²) >= 11 is 0. The van der Waals surface area contributed by atoms with Gasteiger partial charge in [-0.1, -0.05) is 29.8 Å². The molecule has 1 aliphatic rings. The van der Waals surface area contributed by atoms with Crippen LogP contribution in [0.5, 0.6) is 0 Å². The third kappa shape index (κ3) is 2.90. The Balaban J connectivity index is 1.75. The van der Waals surface area contributed by atoms with Crippen LogP contribution in [0.15, 0.2) is 30.3 Å². The van der Waals surface area contributed by atoms with E-state index in [0.29, 0.717) is 11.6 Å². The predicted molar refractivity (Wildman–Crippen MR) is 84.4 cm³/mol. The van der Waals surface area contributed by atoms with Gasteiger partial charge in [-0.3, -0.25) is 9.89 Å². The molecule has 5 nitrogen and oxygen atoms in total. The second-order valence-corrected chi connectivity index (χ2v) is 6.34. The SMILES string of the molecule is Cc1ccc(-c2cc(C(=O)NC(C)(CO)C3CC3)[nH]n2)cc1. The number of carbonyl (C=O) groups is 1. The van der Waals surface area contributed by atoms with E-state index in [1.807, 2.05) is 38.1 Å². The molecule has 1 saturated carbocycles. The Labute approximate surface area is 129 Å². The highest BCUT2D eigenvalue weighted by molar-refractivity contribution is 5.93. The van der Waals surface area contributed by atoms with E-state index in [9.17, 15) is 9.90 Å². The van der Waals surface area contributed by atoms with Gasteiger partial charge in [-0.25, -0.2) is 0 Å². The number of nitrogens with zero attached hydrogens (tertiary/aromatic N) is 1. The number of carbonyl (C=O) groups excluding carboxylic acids is 1. The molecule has 116 valence electrons. The van der Waals surface area contributed by atoms with E-state index in [1.165, 1.54) is 5.56 Å². The molecule has 1 aliphatic carbocycles. The summed E-state index contributed by atoms with van der Waals surface area (Å²) in [4.78, 5) is 12.4. The Morgan fingerprint density at radius 3 is 2.68 bits per heavy atom. The minimum atomic E-state index is -0.549. The van der Waals surface area contributed by atoms with Crippen LogP contribution in [0.3, 0.4) is 0 Å². The zero-order chi connectivity index (χ0) is 15.7. The van der Waals surface area contributed by atoms with Crippen LogP contribution in [0.4, 0.5) is 0 Å². The summed E-state index contributed by atoms with van der Waals surface area (Å²) in [6.45, 7) is 3.86. The first-order chi connectivity index (χ1) is 10.5. The summed E-state index contributed by atoms with van der Waals surface area (Å²) < 4.78 is 0. The van der Waals surface area contributed by atoms with E-state index in [1.54, 1.807) is 6.07 Å². The number of aryl methyl sites for hydroxylation is 1. The lowest BCUT2D eigenvalue weighted by Crippen LogP contribution is -2.50. The fraction of sp³-hybridized carbons (Fsp3) is 0.412. The van der Waals surface area contributed by atoms with Crippen molar-refractivity contribution in [3.05, 3.63) is 41.6 Å². The summed E-state index contributed by atoms with van der Waals surface area (Å²) in [7, 11) is 0. The van der Waals surface area contributed by atoms with Gasteiger partial charge in [-0.05, 0) is 38.7 Å². The van der Waals surface area contributed by atoms with Crippen LogP contribution in [0, 0.1) is 12.8 Å². The van der Waals surface area contributed by atoms with Gasteiger partial charge in [0.2, 0.25) is 0 Å². The van der Waals surface area contributed by atoms with Crippen LogP contribution in [0.25, 0.3) is 11.3 Å². The zero-order valence-corrected chi connectivity index (χ0v) is 12.9. The molecule has 0 aliphatic heterocycles. The standard InChI is InChI=1S/C17H21N3O2/c1-11-3-5-12(6-4-11)14-9-15(20-19-14)16(22)18-17(2,10-21)13-7-8-13/h3-6,9,13,21H,7-8,10H2,1-2H3,(H,18,22)(H,19,20). The van der Waals surface area contributed by atoms with Gasteiger partial charge in [0.05, 0.1) is 17.8 Å². The molecule has 0 bridgehead atoms. The number of H-pyrrole nitrogens is 1. The molecule has 0 radical (unpaired) electrons. The molecule has 5 heteroatoms. The van der Waals surface area contributed by atoms with Crippen LogP contribution in [0.2, 0.25) is 0 Å². The number of aliphatic hydroxyl groups excluding tert-OH is 1. The van der Waals surface area contributed by atoms with Gasteiger partial charge in [0.1, 0.15) is 5.69 Å². The van der Waals surface area contributed by atoms with Crippen LogP contribution in [-0.4, -0.2) is 33.4 Å². The lowest BCUT2D eigenvalue weighted by Gasteiger charge is -2.28. The smallest absolute Gasteiger partial charge is 0.269 e. The molecular weight excluding hydrogens is 278 g/mol. The van der Waals surface area contributed by atoms with Crippen molar-refractivity contribution >= 4 is 5.91 Å². The Kier molecular flexibility index (Phi) is 3.74. The molecule has 0 spiro atoms. The fourth-order valence-corrected chi connectivity index (χ4v) is 2.63. The summed E-state index contributed by atoms with van der Waals surface area (Å²) in [5, 5.41) is 19.5. The van der Waals surface area contributed by atoms with Gasteiger partial charge < -0.3 is 10.4 Å². The maximum absolute atomic E-state index is 12.4. The van der Waals surface area contributed by atoms with Crippen molar-refractivity contribution < 1.29 is 9.90 Å². The minimum Gasteiger partial charge on any atom is -0.394 e. The largest absolute Gasteiger partial charge is 0.394 e. The Morgan fingerprint density at radius 2 is 2.09 bits per heavy atom. The maximum Gasteiger partial charge on any atom is 0.269 e. The molecular formula is C17H21N3O2. The van der Waals surface area contributed by atoms with Gasteiger partial charge in [0.25, 0.3) is 5.91 Å². The molecule has 3 rings (SSSR count). The number of aliphatic hydroxyl groups is 1. The van der Waals surface area contributed by atoms with E-state index in [2.05, 4.69) is 15.5 Å². The Morgan fingerprint density at radius 1 is 1.41 bits per heavy atom. The van der Waals surface area contributed by atoms with E-state index in [0.717, 1.165) is 24.1 Å². The molecule has 1 aromatic heterocycles. The van der Waals surface area contributed by atoms with Crippen molar-refractivity contribution in [2.75, 3.05) is 6.61 Å². The second-order valence-electron chi connectivity index (χ2n) is 6.34. The van der Waals surface area contributed by atoms with Crippen LogP contribution in [-0.2, 0) is 0 Å². The number of benzene rings is 1. The van der Waals surface area contributed by atoms with Crippen molar-refractivity contribution in [3.63, 3.8) is 0 Å². The summed E-state index contributed by atoms with van der Waals surface area (Å²) in [6.07, 6.45) is 2.10. The Bertz CT molecular complexity index is 673. The molecule has 1 unspecified atom stereocenters. The summed E-state index contributed by atoms with van der Waals surface area (Å²) in [5.74, 6) is 0.134. The molecule has 1 amide bonds. The topological polar surface area (TPSA) is 78.0 Å². The van der Waals surface area contributed by atoms with Crippen molar-refractivity contribution in [1.82, 2.24) is 15.5 Å². The highest BCUT2D eigenvalue weighted by atomic mass is 16.3. The number of rotatable bonds is 5. The number of hydrogen-bond acceptors (Lipinski definition) is 3. The highest BCUT2D eigenvalue weighted by Gasteiger charge is 2.42. The lowest BCUT2D eigenvalue weighted by atomic mass is 9.97. The van der Waals surface area contributed by atoms with Crippen molar-refractivity contribution in [2.24, 2.45) is 5.92 Å². The normalized spacial score (nSPS) is 17.0. The molecule has 1 atom stereocenters. The van der Waals surface area contributed by atoms with E-state index < -0.39 is 5.54 Å². The van der Waals surface area contributed by atoms with E-state index >= 15 is 0 Å². The third-order valence-electron chi connectivity index (χ3n) is 4.38. The first kappa shape index (κ1) is 14.8. The van der Waals surface area contributed by atoms with Gasteiger partial charge in [-0.15, -0.1) is 0 Å². The second kappa shape index (κ2) is 5.57. The highest BCUT2D eigenvalue weighted by Crippen LogP contribution is 2.39. The first-order valence-electron chi connectivity index (χ1n) is 7.58. The lowest BCUT2D eigenvalue weighted by molar-refractivity contribution is 0.0819. The fourth-order valence-electron chi connectivity index (χ4n) is 2.63. The van der Waals surface area contributed by atoms with Crippen molar-refractivity contribution in [1.29, 1.82) is 0 Å². The number of aromatic nitrogens is 2. The monoisotopic (exact) mass is 299 g/mol. The van der Waals surface area contributed by atoms with Crippen molar-refractivity contribution in [3.8, 4) is 11.3 Å². The van der Waals surface area contributed by atoms with Gasteiger partial charge in [0, 0.05) is 5.56 Å².